The first-order valence-corrected chi connectivity index (χ1v) is 10.5. The molecule has 0 bridgehead atoms. The fourth-order valence-electron chi connectivity index (χ4n) is 3.07. The predicted octanol–water partition coefficient (Wildman–Crippen LogP) is 6.07. The lowest BCUT2D eigenvalue weighted by molar-refractivity contribution is -0.120. The van der Waals surface area contributed by atoms with Crippen LogP contribution in [0.4, 0.5) is 11.4 Å². The zero-order valence-electron chi connectivity index (χ0n) is 15.6. The Labute approximate surface area is 182 Å². The number of hydrogen-bond donors (Lipinski definition) is 1. The van der Waals surface area contributed by atoms with Crippen molar-refractivity contribution in [3.8, 4) is 0 Å². The number of rotatable bonds is 4. The number of benzene rings is 2. The topological polar surface area (TPSA) is 49.4 Å². The highest BCUT2D eigenvalue weighted by atomic mass is 35.5. The number of imide groups is 1. The van der Waals surface area contributed by atoms with E-state index in [4.69, 9.17) is 23.2 Å². The van der Waals surface area contributed by atoms with Gasteiger partial charge in [-0.05, 0) is 60.7 Å². The molecule has 0 aliphatic carbocycles. The first-order chi connectivity index (χ1) is 13.9. The number of amides is 2. The average molecular weight is 443 g/mol. The fraction of sp³-hybridized carbons (Fsp3) is 0.0909. The molecule has 0 fully saturated rings. The van der Waals surface area contributed by atoms with E-state index in [1.165, 1.54) is 11.3 Å². The van der Waals surface area contributed by atoms with E-state index in [9.17, 15) is 9.59 Å². The molecule has 1 N–H and O–H groups in total. The van der Waals surface area contributed by atoms with Crippen molar-refractivity contribution in [2.24, 2.45) is 0 Å². The van der Waals surface area contributed by atoms with Crippen LogP contribution in [0.3, 0.4) is 0 Å². The summed E-state index contributed by atoms with van der Waals surface area (Å²) in [6.45, 7) is 3.76. The van der Waals surface area contributed by atoms with Gasteiger partial charge in [0.1, 0.15) is 5.70 Å². The first kappa shape index (κ1) is 19.7. The van der Waals surface area contributed by atoms with Gasteiger partial charge >= 0.3 is 0 Å². The number of nitrogens with one attached hydrogen (secondary N) is 1. The molecule has 4 rings (SSSR count). The highest BCUT2D eigenvalue weighted by molar-refractivity contribution is 7.11. The van der Waals surface area contributed by atoms with Crippen LogP contribution in [0.15, 0.2) is 59.6 Å². The van der Waals surface area contributed by atoms with E-state index in [2.05, 4.69) is 5.32 Å². The monoisotopic (exact) mass is 442 g/mol. The fourth-order valence-corrected chi connectivity index (χ4v) is 4.19. The molecule has 0 saturated carbocycles. The van der Waals surface area contributed by atoms with Crippen molar-refractivity contribution in [1.82, 2.24) is 0 Å². The second-order valence-corrected chi connectivity index (χ2v) is 8.46. The molecular weight excluding hydrogens is 427 g/mol. The Kier molecular flexibility index (Phi) is 5.21. The van der Waals surface area contributed by atoms with Gasteiger partial charge in [0, 0.05) is 20.6 Å². The Morgan fingerprint density at radius 2 is 1.59 bits per heavy atom. The van der Waals surface area contributed by atoms with E-state index in [1.807, 2.05) is 43.5 Å². The van der Waals surface area contributed by atoms with Crippen LogP contribution in [0.1, 0.15) is 16.0 Å². The van der Waals surface area contributed by atoms with Gasteiger partial charge in [-0.2, -0.15) is 0 Å². The highest BCUT2D eigenvalue weighted by Gasteiger charge is 2.40. The molecule has 0 radical (unpaired) electrons. The van der Waals surface area contributed by atoms with Crippen molar-refractivity contribution in [3.63, 3.8) is 0 Å². The van der Waals surface area contributed by atoms with Gasteiger partial charge in [-0.25, -0.2) is 4.90 Å². The number of thiophene rings is 1. The van der Waals surface area contributed by atoms with E-state index in [0.29, 0.717) is 31.9 Å². The van der Waals surface area contributed by atoms with Crippen LogP contribution >= 0.6 is 34.5 Å². The van der Waals surface area contributed by atoms with E-state index in [1.54, 1.807) is 24.3 Å². The maximum Gasteiger partial charge on any atom is 0.282 e. The summed E-state index contributed by atoms with van der Waals surface area (Å²) in [6.07, 6.45) is 0. The lowest BCUT2D eigenvalue weighted by Crippen LogP contribution is -2.32. The molecule has 2 aromatic carbocycles. The lowest BCUT2D eigenvalue weighted by Gasteiger charge is -2.16. The van der Waals surface area contributed by atoms with Crippen LogP contribution < -0.4 is 10.2 Å². The second kappa shape index (κ2) is 7.67. The van der Waals surface area contributed by atoms with Gasteiger partial charge in [0.05, 0.1) is 11.3 Å². The summed E-state index contributed by atoms with van der Waals surface area (Å²) in [5, 5.41) is 6.05. The maximum atomic E-state index is 13.3. The number of halogens is 2. The van der Waals surface area contributed by atoms with Crippen molar-refractivity contribution in [1.29, 1.82) is 0 Å². The van der Waals surface area contributed by atoms with Crippen molar-refractivity contribution in [2.45, 2.75) is 13.8 Å². The Bertz CT molecular complexity index is 1170. The van der Waals surface area contributed by atoms with Gasteiger partial charge in [-0.3, -0.25) is 9.59 Å². The number of nitrogens with zero attached hydrogens (tertiary/aromatic N) is 1. The summed E-state index contributed by atoms with van der Waals surface area (Å²) >= 11 is 13.9. The smallest absolute Gasteiger partial charge is 0.282 e. The molecule has 0 atom stereocenters. The van der Waals surface area contributed by atoms with E-state index in [-0.39, 0.29) is 5.70 Å². The number of carbonyl (C=O) groups is 2. The minimum Gasteiger partial charge on any atom is -0.350 e. The third-order valence-electron chi connectivity index (χ3n) is 4.71. The Morgan fingerprint density at radius 1 is 0.897 bits per heavy atom. The molecule has 1 aromatic heterocycles. The van der Waals surface area contributed by atoms with Crippen LogP contribution in [0.5, 0.6) is 0 Å². The zero-order chi connectivity index (χ0) is 20.7. The van der Waals surface area contributed by atoms with Crippen molar-refractivity contribution < 1.29 is 9.59 Å². The normalized spacial score (nSPS) is 14.1. The molecule has 2 heterocycles. The third-order valence-corrected chi connectivity index (χ3v) is 6.41. The molecule has 29 heavy (non-hydrogen) atoms. The standard InChI is InChI=1S/C22H16Cl2N2O2S/c1-12-5-7-14(10-16(12)23)25-20-19(18-4-3-9-29-18)21(27)26(22(20)28)15-8-6-13(2)17(24)11-15/h3-11,25H,1-2H3. The second-order valence-electron chi connectivity index (χ2n) is 6.70. The third kappa shape index (κ3) is 3.57. The van der Waals surface area contributed by atoms with E-state index < -0.39 is 11.8 Å². The van der Waals surface area contributed by atoms with Gasteiger partial charge in [-0.15, -0.1) is 11.3 Å². The molecule has 1 aliphatic rings. The number of carbonyl (C=O) groups excluding carboxylic acids is 2. The van der Waals surface area contributed by atoms with E-state index >= 15 is 0 Å². The number of hydrogen-bond acceptors (Lipinski definition) is 4. The van der Waals surface area contributed by atoms with Crippen molar-refractivity contribution in [3.05, 3.63) is 85.7 Å². The molecule has 0 saturated heterocycles. The molecule has 0 unspecified atom stereocenters. The number of anilines is 2. The van der Waals surface area contributed by atoms with Crippen LogP contribution in [0.2, 0.25) is 10.0 Å². The van der Waals surface area contributed by atoms with Crippen LogP contribution in [0.25, 0.3) is 5.57 Å². The summed E-state index contributed by atoms with van der Waals surface area (Å²) in [6, 6.07) is 14.2. The average Bonchev–Trinajstić information content (AvgIpc) is 3.28. The molecule has 0 spiro atoms. The summed E-state index contributed by atoms with van der Waals surface area (Å²) in [5.74, 6) is -0.826. The van der Waals surface area contributed by atoms with Crippen LogP contribution in [0, 0.1) is 13.8 Å². The Balaban J connectivity index is 1.80. The Hall–Kier alpha value is -2.60. The van der Waals surface area contributed by atoms with Crippen molar-refractivity contribution >= 4 is 63.3 Å². The predicted molar refractivity (Wildman–Crippen MR) is 120 cm³/mol. The number of aryl methyl sites for hydroxylation is 2. The quantitative estimate of drug-likeness (QED) is 0.498. The molecule has 1 aliphatic heterocycles. The SMILES string of the molecule is Cc1ccc(NC2=C(c3cccs3)C(=O)N(c3ccc(C)c(Cl)c3)C2=O)cc1Cl. The maximum absolute atomic E-state index is 13.3. The van der Waals surface area contributed by atoms with Gasteiger partial charge in [0.2, 0.25) is 0 Å². The summed E-state index contributed by atoms with van der Waals surface area (Å²) in [7, 11) is 0. The minimum atomic E-state index is -0.435. The summed E-state index contributed by atoms with van der Waals surface area (Å²) in [4.78, 5) is 28.4. The lowest BCUT2D eigenvalue weighted by atomic mass is 10.1. The van der Waals surface area contributed by atoms with Gasteiger partial charge in [0.15, 0.2) is 0 Å². The molecule has 2 amide bonds. The summed E-state index contributed by atoms with van der Waals surface area (Å²) in [5.41, 5.74) is 3.41. The minimum absolute atomic E-state index is 0.217. The molecule has 3 aromatic rings. The summed E-state index contributed by atoms with van der Waals surface area (Å²) < 4.78 is 0. The first-order valence-electron chi connectivity index (χ1n) is 8.83. The highest BCUT2D eigenvalue weighted by Crippen LogP contribution is 2.37. The molecule has 4 nitrogen and oxygen atoms in total. The van der Waals surface area contributed by atoms with Crippen molar-refractivity contribution in [2.75, 3.05) is 10.2 Å². The van der Waals surface area contributed by atoms with Crippen LogP contribution in [-0.2, 0) is 9.59 Å². The molecular formula is C22H16Cl2N2O2S. The zero-order valence-corrected chi connectivity index (χ0v) is 18.0. The van der Waals surface area contributed by atoms with Gasteiger partial charge in [-0.1, -0.05) is 41.4 Å². The molecule has 7 heteroatoms. The van der Waals surface area contributed by atoms with Gasteiger partial charge in [0.25, 0.3) is 11.8 Å². The van der Waals surface area contributed by atoms with E-state index in [0.717, 1.165) is 16.0 Å². The van der Waals surface area contributed by atoms with Gasteiger partial charge < -0.3 is 5.32 Å². The Morgan fingerprint density at radius 3 is 2.21 bits per heavy atom. The molecule has 146 valence electrons. The largest absolute Gasteiger partial charge is 0.350 e. The van der Waals surface area contributed by atoms with Crippen LogP contribution in [-0.4, -0.2) is 11.8 Å².